The summed E-state index contributed by atoms with van der Waals surface area (Å²) in [4.78, 5) is 2.06. The summed E-state index contributed by atoms with van der Waals surface area (Å²) in [6.45, 7) is 3.61. The maximum absolute atomic E-state index is 13.4. The van der Waals surface area contributed by atoms with Crippen LogP contribution in [0.2, 0.25) is 0 Å². The Kier molecular flexibility index (Phi) is 4.87. The number of rotatable bonds is 6. The van der Waals surface area contributed by atoms with Gasteiger partial charge in [-0.1, -0.05) is 13.0 Å². The largest absolute Gasteiger partial charge is 0.468 e. The zero-order chi connectivity index (χ0) is 14.5. The molecule has 0 saturated heterocycles. The normalized spacial score (nSPS) is 12.8. The van der Waals surface area contributed by atoms with E-state index in [1.54, 1.807) is 12.3 Å². The molecule has 1 heterocycles. The van der Waals surface area contributed by atoms with E-state index in [2.05, 4.69) is 4.90 Å². The van der Waals surface area contributed by atoms with Gasteiger partial charge in [-0.15, -0.1) is 0 Å². The van der Waals surface area contributed by atoms with E-state index < -0.39 is 11.6 Å². The van der Waals surface area contributed by atoms with E-state index >= 15 is 0 Å². The molecule has 1 unspecified atom stereocenters. The lowest BCUT2D eigenvalue weighted by Crippen LogP contribution is -2.33. The van der Waals surface area contributed by atoms with Gasteiger partial charge >= 0.3 is 0 Å². The second-order valence-electron chi connectivity index (χ2n) is 4.57. The summed E-state index contributed by atoms with van der Waals surface area (Å²) >= 11 is 0. The number of nitrogens with zero attached hydrogens (tertiary/aromatic N) is 1. The van der Waals surface area contributed by atoms with Crippen molar-refractivity contribution in [1.29, 1.82) is 0 Å². The molecular weight excluding hydrogens is 262 g/mol. The van der Waals surface area contributed by atoms with E-state index in [-0.39, 0.29) is 6.04 Å². The summed E-state index contributed by atoms with van der Waals surface area (Å²) in [5, 5.41) is 0. The van der Waals surface area contributed by atoms with E-state index in [4.69, 9.17) is 10.2 Å². The average molecular weight is 280 g/mol. The molecule has 20 heavy (non-hydrogen) atoms. The van der Waals surface area contributed by atoms with Crippen LogP contribution in [0, 0.1) is 11.6 Å². The van der Waals surface area contributed by atoms with Gasteiger partial charge in [-0.3, -0.25) is 4.90 Å². The smallest absolute Gasteiger partial charge is 0.159 e. The number of nitrogens with two attached hydrogens (primary N) is 1. The molecule has 1 aromatic carbocycles. The van der Waals surface area contributed by atoms with Crippen molar-refractivity contribution in [3.63, 3.8) is 0 Å². The molecule has 0 spiro atoms. The third-order valence-electron chi connectivity index (χ3n) is 3.34. The minimum atomic E-state index is -0.852. The third kappa shape index (κ3) is 3.23. The first-order chi connectivity index (χ1) is 9.65. The number of hydrogen-bond donors (Lipinski definition) is 1. The monoisotopic (exact) mass is 280 g/mol. The lowest BCUT2D eigenvalue weighted by molar-refractivity contribution is 0.187. The fourth-order valence-corrected chi connectivity index (χ4v) is 2.26. The van der Waals surface area contributed by atoms with Crippen LogP contribution in [0.25, 0.3) is 0 Å². The van der Waals surface area contributed by atoms with Crippen LogP contribution in [0.1, 0.15) is 24.3 Å². The molecule has 5 heteroatoms. The van der Waals surface area contributed by atoms with E-state index in [0.717, 1.165) is 18.4 Å². The zero-order valence-electron chi connectivity index (χ0n) is 11.4. The fourth-order valence-electron chi connectivity index (χ4n) is 2.26. The molecule has 0 aliphatic heterocycles. The van der Waals surface area contributed by atoms with Crippen LogP contribution in [-0.2, 0) is 6.54 Å². The highest BCUT2D eigenvalue weighted by Crippen LogP contribution is 2.23. The van der Waals surface area contributed by atoms with Crippen LogP contribution in [-0.4, -0.2) is 18.0 Å². The highest BCUT2D eigenvalue weighted by Gasteiger charge is 2.20. The molecule has 108 valence electrons. The summed E-state index contributed by atoms with van der Waals surface area (Å²) < 4.78 is 31.7. The van der Waals surface area contributed by atoms with Crippen molar-refractivity contribution in [3.8, 4) is 0 Å². The summed E-state index contributed by atoms with van der Waals surface area (Å²) in [5.41, 5.74) is 6.48. The molecule has 1 atom stereocenters. The van der Waals surface area contributed by atoms with Gasteiger partial charge in [0.05, 0.1) is 12.8 Å². The predicted molar refractivity (Wildman–Crippen MR) is 72.9 cm³/mol. The number of furan rings is 1. The lowest BCUT2D eigenvalue weighted by Gasteiger charge is -2.29. The molecular formula is C15H18F2N2O. The number of hydrogen-bond acceptors (Lipinski definition) is 3. The Morgan fingerprint density at radius 3 is 2.60 bits per heavy atom. The number of likely N-dealkylation sites (N-methyl/N-ethyl adjacent to an activating group) is 1. The molecule has 0 radical (unpaired) electrons. The van der Waals surface area contributed by atoms with Gasteiger partial charge in [-0.2, -0.15) is 0 Å². The second kappa shape index (κ2) is 6.63. The maximum Gasteiger partial charge on any atom is 0.159 e. The van der Waals surface area contributed by atoms with Crippen LogP contribution in [0.4, 0.5) is 8.78 Å². The van der Waals surface area contributed by atoms with Crippen LogP contribution in [0.5, 0.6) is 0 Å². The third-order valence-corrected chi connectivity index (χ3v) is 3.34. The lowest BCUT2D eigenvalue weighted by atomic mass is 10.0. The predicted octanol–water partition coefficient (Wildman–Crippen LogP) is 3.08. The second-order valence-corrected chi connectivity index (χ2v) is 4.57. The summed E-state index contributed by atoms with van der Waals surface area (Å²) in [5.74, 6) is -0.888. The van der Waals surface area contributed by atoms with Crippen molar-refractivity contribution in [2.45, 2.75) is 19.5 Å². The van der Waals surface area contributed by atoms with Crippen LogP contribution < -0.4 is 5.73 Å². The molecule has 0 amide bonds. The minimum absolute atomic E-state index is 0.180. The fraction of sp³-hybridized carbons (Fsp3) is 0.333. The van der Waals surface area contributed by atoms with Gasteiger partial charge in [0.2, 0.25) is 0 Å². The van der Waals surface area contributed by atoms with Gasteiger partial charge in [0.15, 0.2) is 11.6 Å². The Morgan fingerprint density at radius 2 is 2.05 bits per heavy atom. The van der Waals surface area contributed by atoms with Crippen LogP contribution in [0.15, 0.2) is 41.0 Å². The molecule has 0 bridgehead atoms. The van der Waals surface area contributed by atoms with Gasteiger partial charge in [0, 0.05) is 12.6 Å². The molecule has 2 rings (SSSR count). The first kappa shape index (κ1) is 14.7. The van der Waals surface area contributed by atoms with Crippen molar-refractivity contribution < 1.29 is 13.2 Å². The van der Waals surface area contributed by atoms with Gasteiger partial charge in [-0.25, -0.2) is 8.78 Å². The Hall–Kier alpha value is -1.72. The van der Waals surface area contributed by atoms with E-state index in [1.165, 1.54) is 6.07 Å². The first-order valence-corrected chi connectivity index (χ1v) is 6.57. The summed E-state index contributed by atoms with van der Waals surface area (Å²) in [6, 6.07) is 7.42. The van der Waals surface area contributed by atoms with Crippen LogP contribution >= 0.6 is 0 Å². The van der Waals surface area contributed by atoms with Crippen molar-refractivity contribution in [2.75, 3.05) is 13.1 Å². The molecule has 0 aliphatic rings. The van der Waals surface area contributed by atoms with Crippen molar-refractivity contribution in [2.24, 2.45) is 5.73 Å². The zero-order valence-corrected chi connectivity index (χ0v) is 11.4. The number of halogens is 2. The van der Waals surface area contributed by atoms with Crippen LogP contribution in [0.3, 0.4) is 0 Å². The van der Waals surface area contributed by atoms with E-state index in [9.17, 15) is 8.78 Å². The van der Waals surface area contributed by atoms with E-state index in [0.29, 0.717) is 18.7 Å². The average Bonchev–Trinajstić information content (AvgIpc) is 2.95. The maximum atomic E-state index is 13.4. The van der Waals surface area contributed by atoms with E-state index in [1.807, 2.05) is 19.1 Å². The quantitative estimate of drug-likeness (QED) is 0.884. The molecule has 0 aliphatic carbocycles. The van der Waals surface area contributed by atoms with Gasteiger partial charge < -0.3 is 10.2 Å². The molecule has 3 nitrogen and oxygen atoms in total. The topological polar surface area (TPSA) is 42.4 Å². The van der Waals surface area contributed by atoms with Gasteiger partial charge in [0.25, 0.3) is 0 Å². The Bertz CT molecular complexity index is 543. The molecule has 1 aromatic heterocycles. The Morgan fingerprint density at radius 1 is 1.25 bits per heavy atom. The molecule has 2 aromatic rings. The first-order valence-electron chi connectivity index (χ1n) is 6.57. The SMILES string of the molecule is CCN(Cc1ccco1)C(CN)c1ccc(F)c(F)c1. The highest BCUT2D eigenvalue weighted by molar-refractivity contribution is 5.22. The Labute approximate surface area is 117 Å². The molecule has 0 saturated carbocycles. The summed E-state index contributed by atoms with van der Waals surface area (Å²) in [7, 11) is 0. The minimum Gasteiger partial charge on any atom is -0.468 e. The Balaban J connectivity index is 2.21. The summed E-state index contributed by atoms with van der Waals surface area (Å²) in [6.07, 6.45) is 1.61. The molecule has 2 N–H and O–H groups in total. The standard InChI is InChI=1S/C15H18F2N2O/c1-2-19(10-12-4-3-7-20-12)15(9-18)11-5-6-13(16)14(17)8-11/h3-8,15H,2,9-10,18H2,1H3. The highest BCUT2D eigenvalue weighted by atomic mass is 19.2. The van der Waals surface area contributed by atoms with Crippen molar-refractivity contribution >= 4 is 0 Å². The molecule has 0 fully saturated rings. The van der Waals surface area contributed by atoms with Gasteiger partial charge in [-0.05, 0) is 36.4 Å². The number of benzene rings is 1. The van der Waals surface area contributed by atoms with Gasteiger partial charge in [0.1, 0.15) is 5.76 Å². The van der Waals surface area contributed by atoms with Crippen molar-refractivity contribution in [1.82, 2.24) is 4.90 Å². The van der Waals surface area contributed by atoms with Crippen molar-refractivity contribution in [3.05, 3.63) is 59.6 Å².